The molecular weight excluding hydrogens is 281 g/mol. The second-order valence-corrected chi connectivity index (χ2v) is 5.41. The van der Waals surface area contributed by atoms with Gasteiger partial charge in [0.15, 0.2) is 0 Å². The van der Waals surface area contributed by atoms with Crippen molar-refractivity contribution in [2.45, 2.75) is 32.9 Å². The maximum absolute atomic E-state index is 12.9. The largest absolute Gasteiger partial charge is 0.490 e. The van der Waals surface area contributed by atoms with Crippen LogP contribution in [0.2, 0.25) is 0 Å². The highest BCUT2D eigenvalue weighted by Gasteiger charge is 2.16. The van der Waals surface area contributed by atoms with Crippen molar-refractivity contribution < 1.29 is 13.9 Å². The van der Waals surface area contributed by atoms with Crippen LogP contribution in [0.15, 0.2) is 48.5 Å². The first-order valence-electron chi connectivity index (χ1n) is 7.29. The van der Waals surface area contributed by atoms with Gasteiger partial charge in [0.05, 0.1) is 17.7 Å². The van der Waals surface area contributed by atoms with E-state index in [0.717, 1.165) is 5.56 Å². The van der Waals surface area contributed by atoms with E-state index in [1.165, 1.54) is 12.1 Å². The molecule has 0 saturated carbocycles. The first-order valence-corrected chi connectivity index (χ1v) is 7.29. The highest BCUT2D eigenvalue weighted by molar-refractivity contribution is 5.97. The van der Waals surface area contributed by atoms with Crippen molar-refractivity contribution in [3.8, 4) is 5.75 Å². The summed E-state index contributed by atoms with van der Waals surface area (Å²) in [6.45, 7) is 5.68. The van der Waals surface area contributed by atoms with Crippen LogP contribution in [0.5, 0.6) is 5.75 Å². The molecule has 0 aliphatic carbocycles. The number of para-hydroxylation sites is 1. The molecule has 4 heteroatoms. The van der Waals surface area contributed by atoms with Gasteiger partial charge in [0.1, 0.15) is 11.6 Å². The summed E-state index contributed by atoms with van der Waals surface area (Å²) in [4.78, 5) is 12.4. The number of carbonyl (C=O) groups excluding carboxylic acids is 1. The summed E-state index contributed by atoms with van der Waals surface area (Å²) in [5.74, 6) is 0.0485. The Bertz CT molecular complexity index is 638. The van der Waals surface area contributed by atoms with Gasteiger partial charge in [-0.05, 0) is 50.6 Å². The molecule has 2 aromatic carbocycles. The Morgan fingerprint density at radius 3 is 2.32 bits per heavy atom. The molecule has 0 heterocycles. The fraction of sp³-hybridized carbons (Fsp3) is 0.278. The van der Waals surface area contributed by atoms with Gasteiger partial charge >= 0.3 is 0 Å². The molecule has 0 bridgehead atoms. The second-order valence-electron chi connectivity index (χ2n) is 5.41. The zero-order chi connectivity index (χ0) is 16.1. The fourth-order valence-electron chi connectivity index (χ4n) is 2.12. The second kappa shape index (κ2) is 7.07. The SMILES string of the molecule is CC(C)Oc1ccccc1C(=O)N[C@H](C)c1ccc(F)cc1. The van der Waals surface area contributed by atoms with Crippen molar-refractivity contribution in [1.82, 2.24) is 5.32 Å². The van der Waals surface area contributed by atoms with Gasteiger partial charge < -0.3 is 10.1 Å². The first kappa shape index (κ1) is 16.0. The minimum Gasteiger partial charge on any atom is -0.490 e. The number of halogens is 1. The van der Waals surface area contributed by atoms with Crippen LogP contribution in [0.25, 0.3) is 0 Å². The highest BCUT2D eigenvalue weighted by Crippen LogP contribution is 2.21. The molecule has 1 amide bonds. The summed E-state index contributed by atoms with van der Waals surface area (Å²) >= 11 is 0. The molecule has 0 aromatic heterocycles. The maximum Gasteiger partial charge on any atom is 0.255 e. The molecular formula is C18H20FNO2. The Morgan fingerprint density at radius 2 is 1.68 bits per heavy atom. The molecule has 1 atom stereocenters. The van der Waals surface area contributed by atoms with Crippen LogP contribution in [0.1, 0.15) is 42.7 Å². The lowest BCUT2D eigenvalue weighted by Gasteiger charge is -2.17. The van der Waals surface area contributed by atoms with E-state index in [0.29, 0.717) is 11.3 Å². The lowest BCUT2D eigenvalue weighted by molar-refractivity contribution is 0.0934. The van der Waals surface area contributed by atoms with Crippen LogP contribution in [0.4, 0.5) is 4.39 Å². The van der Waals surface area contributed by atoms with Crippen molar-refractivity contribution in [3.05, 3.63) is 65.5 Å². The minimum absolute atomic E-state index is 0.0107. The van der Waals surface area contributed by atoms with E-state index >= 15 is 0 Å². The maximum atomic E-state index is 12.9. The van der Waals surface area contributed by atoms with Gasteiger partial charge in [0.2, 0.25) is 0 Å². The molecule has 0 unspecified atom stereocenters. The van der Waals surface area contributed by atoms with Crippen molar-refractivity contribution in [2.24, 2.45) is 0 Å². The minimum atomic E-state index is -0.294. The lowest BCUT2D eigenvalue weighted by Crippen LogP contribution is -2.27. The molecule has 116 valence electrons. The van der Waals surface area contributed by atoms with Gasteiger partial charge in [0.25, 0.3) is 5.91 Å². The number of benzene rings is 2. The Kier molecular flexibility index (Phi) is 5.15. The van der Waals surface area contributed by atoms with E-state index in [-0.39, 0.29) is 23.9 Å². The van der Waals surface area contributed by atoms with Crippen molar-refractivity contribution in [2.75, 3.05) is 0 Å². The quantitative estimate of drug-likeness (QED) is 0.902. The molecule has 2 rings (SSSR count). The highest BCUT2D eigenvalue weighted by atomic mass is 19.1. The topological polar surface area (TPSA) is 38.3 Å². The molecule has 0 aliphatic heterocycles. The molecule has 0 saturated heterocycles. The van der Waals surface area contributed by atoms with E-state index in [9.17, 15) is 9.18 Å². The van der Waals surface area contributed by atoms with E-state index in [4.69, 9.17) is 4.74 Å². The Labute approximate surface area is 130 Å². The third-order valence-electron chi connectivity index (χ3n) is 3.21. The third-order valence-corrected chi connectivity index (χ3v) is 3.21. The number of carbonyl (C=O) groups is 1. The fourth-order valence-corrected chi connectivity index (χ4v) is 2.12. The summed E-state index contributed by atoms with van der Waals surface area (Å²) in [5.41, 5.74) is 1.34. The Balaban J connectivity index is 2.13. The normalized spacial score (nSPS) is 12.0. The average Bonchev–Trinajstić information content (AvgIpc) is 2.47. The molecule has 3 nitrogen and oxygen atoms in total. The predicted octanol–water partition coefficient (Wildman–Crippen LogP) is 4.10. The molecule has 22 heavy (non-hydrogen) atoms. The molecule has 0 spiro atoms. The van der Waals surface area contributed by atoms with Crippen LogP contribution in [-0.2, 0) is 0 Å². The summed E-state index contributed by atoms with van der Waals surface area (Å²) in [7, 11) is 0. The van der Waals surface area contributed by atoms with Gasteiger partial charge in [-0.2, -0.15) is 0 Å². The molecule has 2 aromatic rings. The van der Waals surface area contributed by atoms with E-state index in [2.05, 4.69) is 5.32 Å². The summed E-state index contributed by atoms with van der Waals surface area (Å²) < 4.78 is 18.6. The zero-order valence-corrected chi connectivity index (χ0v) is 13.0. The van der Waals surface area contributed by atoms with Gasteiger partial charge in [0, 0.05) is 0 Å². The molecule has 1 N–H and O–H groups in total. The van der Waals surface area contributed by atoms with Crippen LogP contribution in [0.3, 0.4) is 0 Å². The number of hydrogen-bond donors (Lipinski definition) is 1. The van der Waals surface area contributed by atoms with Crippen LogP contribution in [0, 0.1) is 5.82 Å². The monoisotopic (exact) mass is 301 g/mol. The van der Waals surface area contributed by atoms with Crippen molar-refractivity contribution >= 4 is 5.91 Å². The summed E-state index contributed by atoms with van der Waals surface area (Å²) in [6.07, 6.45) is -0.0107. The smallest absolute Gasteiger partial charge is 0.255 e. The number of nitrogens with one attached hydrogen (secondary N) is 1. The van der Waals surface area contributed by atoms with E-state index < -0.39 is 0 Å². The number of amides is 1. The lowest BCUT2D eigenvalue weighted by atomic mass is 10.1. The molecule has 0 radical (unpaired) electrons. The molecule has 0 aliphatic rings. The van der Waals surface area contributed by atoms with Crippen LogP contribution < -0.4 is 10.1 Å². The van der Waals surface area contributed by atoms with Crippen LogP contribution >= 0.6 is 0 Å². The van der Waals surface area contributed by atoms with Gasteiger partial charge in [-0.25, -0.2) is 4.39 Å². The summed E-state index contributed by atoms with van der Waals surface area (Å²) in [5, 5.41) is 2.90. The zero-order valence-electron chi connectivity index (χ0n) is 13.0. The number of hydrogen-bond acceptors (Lipinski definition) is 2. The van der Waals surface area contributed by atoms with Gasteiger partial charge in [-0.1, -0.05) is 24.3 Å². The Hall–Kier alpha value is -2.36. The van der Waals surface area contributed by atoms with Gasteiger partial charge in [-0.3, -0.25) is 4.79 Å². The van der Waals surface area contributed by atoms with E-state index in [1.54, 1.807) is 30.3 Å². The number of ether oxygens (including phenoxy) is 1. The van der Waals surface area contributed by atoms with E-state index in [1.807, 2.05) is 26.8 Å². The standard InChI is InChI=1S/C18H20FNO2/c1-12(2)22-17-7-5-4-6-16(17)18(21)20-13(3)14-8-10-15(19)11-9-14/h4-13H,1-3H3,(H,20,21)/t13-/m1/s1. The van der Waals surface area contributed by atoms with Gasteiger partial charge in [-0.15, -0.1) is 0 Å². The Morgan fingerprint density at radius 1 is 1.05 bits per heavy atom. The first-order chi connectivity index (χ1) is 10.5. The predicted molar refractivity (Wildman–Crippen MR) is 84.5 cm³/mol. The van der Waals surface area contributed by atoms with Crippen LogP contribution in [-0.4, -0.2) is 12.0 Å². The van der Waals surface area contributed by atoms with Crippen molar-refractivity contribution in [1.29, 1.82) is 0 Å². The third kappa shape index (κ3) is 4.07. The van der Waals surface area contributed by atoms with Crippen molar-refractivity contribution in [3.63, 3.8) is 0 Å². The summed E-state index contributed by atoms with van der Waals surface area (Å²) in [6, 6.07) is 13.0. The number of rotatable bonds is 5. The molecule has 0 fully saturated rings. The average molecular weight is 301 g/mol.